The van der Waals surface area contributed by atoms with E-state index in [2.05, 4.69) is 22.2 Å². The number of carbonyl (C=O) groups is 1. The Balaban J connectivity index is 1.83. The number of hydrogen-bond donors (Lipinski definition) is 1. The van der Waals surface area contributed by atoms with Gasteiger partial charge in [0.05, 0.1) is 13.7 Å². The molecule has 6 nitrogen and oxygen atoms in total. The molecule has 0 atom stereocenters. The Hall–Kier alpha value is -2.60. The highest BCUT2D eigenvalue weighted by atomic mass is 35.5. The molecule has 148 valence electrons. The number of aromatic nitrogens is 3. The van der Waals surface area contributed by atoms with Crippen LogP contribution in [0.2, 0.25) is 5.02 Å². The molecule has 2 aromatic heterocycles. The molecule has 0 aliphatic rings. The van der Waals surface area contributed by atoms with Gasteiger partial charge in [0.1, 0.15) is 11.3 Å². The van der Waals surface area contributed by atoms with Gasteiger partial charge < -0.3 is 14.6 Å². The lowest BCUT2D eigenvalue weighted by molar-refractivity contribution is 0.0594. The van der Waals surface area contributed by atoms with Gasteiger partial charge in [-0.3, -0.25) is 0 Å². The van der Waals surface area contributed by atoms with E-state index in [0.29, 0.717) is 17.2 Å². The number of nitrogens with one attached hydrogen (secondary N) is 1. The van der Waals surface area contributed by atoms with Crippen LogP contribution in [-0.4, -0.2) is 34.2 Å². The van der Waals surface area contributed by atoms with Crippen molar-refractivity contribution in [2.75, 3.05) is 19.0 Å². The van der Waals surface area contributed by atoms with Gasteiger partial charge in [-0.05, 0) is 43.2 Å². The first-order chi connectivity index (χ1) is 13.5. The second kappa shape index (κ2) is 9.06. The second-order valence-corrected chi connectivity index (χ2v) is 7.12. The number of anilines is 1. The minimum absolute atomic E-state index is 0.258. The number of benzene rings is 1. The molecule has 0 bridgehead atoms. The summed E-state index contributed by atoms with van der Waals surface area (Å²) in [5.41, 5.74) is 3.61. The van der Waals surface area contributed by atoms with Crippen LogP contribution in [0, 0.1) is 6.92 Å². The summed E-state index contributed by atoms with van der Waals surface area (Å²) in [7, 11) is 1.34. The van der Waals surface area contributed by atoms with Gasteiger partial charge in [0.2, 0.25) is 0 Å². The first-order valence-electron chi connectivity index (χ1n) is 9.48. The first-order valence-corrected chi connectivity index (χ1v) is 9.85. The fourth-order valence-corrected chi connectivity index (χ4v) is 3.33. The quantitative estimate of drug-likeness (QED) is 0.433. The molecule has 0 spiro atoms. The van der Waals surface area contributed by atoms with Crippen LogP contribution in [0.5, 0.6) is 0 Å². The van der Waals surface area contributed by atoms with E-state index >= 15 is 0 Å². The van der Waals surface area contributed by atoms with E-state index in [4.69, 9.17) is 16.3 Å². The van der Waals surface area contributed by atoms with Crippen molar-refractivity contribution in [2.45, 2.75) is 39.7 Å². The maximum absolute atomic E-state index is 11.8. The molecule has 3 rings (SSSR count). The maximum Gasteiger partial charge on any atom is 0.356 e. The largest absolute Gasteiger partial charge is 0.464 e. The molecule has 0 aliphatic heterocycles. The Morgan fingerprint density at radius 2 is 2.04 bits per heavy atom. The van der Waals surface area contributed by atoms with Gasteiger partial charge in [-0.1, -0.05) is 37.4 Å². The van der Waals surface area contributed by atoms with E-state index < -0.39 is 5.97 Å². The minimum atomic E-state index is -0.469. The fraction of sp³-hybridized carbons (Fsp3) is 0.381. The number of methoxy groups -OCH3 is 1. The summed E-state index contributed by atoms with van der Waals surface area (Å²) < 4.78 is 6.73. The molecule has 0 aliphatic carbocycles. The number of carbonyl (C=O) groups excluding carboxylic acids is 1. The molecule has 0 saturated carbocycles. The predicted octanol–water partition coefficient (Wildman–Crippen LogP) is 4.83. The maximum atomic E-state index is 11.8. The van der Waals surface area contributed by atoms with Crippen molar-refractivity contribution >= 4 is 34.4 Å². The Bertz CT molecular complexity index is 984. The normalized spacial score (nSPS) is 11.0. The third kappa shape index (κ3) is 4.44. The van der Waals surface area contributed by atoms with Crippen LogP contribution in [0.15, 0.2) is 30.3 Å². The molecule has 7 heteroatoms. The number of aryl methyl sites for hydroxylation is 1. The molecule has 2 heterocycles. The molecule has 3 aromatic rings. The van der Waals surface area contributed by atoms with E-state index in [-0.39, 0.29) is 5.69 Å². The number of pyridine rings is 1. The number of imidazole rings is 1. The zero-order chi connectivity index (χ0) is 20.1. The lowest BCUT2D eigenvalue weighted by atomic mass is 10.2. The Kier molecular flexibility index (Phi) is 6.52. The van der Waals surface area contributed by atoms with Gasteiger partial charge in [-0.25, -0.2) is 14.8 Å². The van der Waals surface area contributed by atoms with E-state index in [1.54, 1.807) is 12.1 Å². The van der Waals surface area contributed by atoms with Crippen LogP contribution in [0.3, 0.4) is 0 Å². The van der Waals surface area contributed by atoms with Crippen LogP contribution in [0.25, 0.3) is 11.2 Å². The van der Waals surface area contributed by atoms with Gasteiger partial charge >= 0.3 is 5.97 Å². The van der Waals surface area contributed by atoms with Gasteiger partial charge in [0.25, 0.3) is 0 Å². The van der Waals surface area contributed by atoms with E-state index in [9.17, 15) is 4.79 Å². The van der Waals surface area contributed by atoms with Crippen molar-refractivity contribution < 1.29 is 9.53 Å². The molecular formula is C21H25ClN4O2. The number of halogens is 1. The van der Waals surface area contributed by atoms with E-state index in [1.807, 2.05) is 29.7 Å². The standard InChI is InChI=1S/C21H25ClN4O2/c1-4-5-6-11-23-16-8-7-15(17(22)12-16)13-26-14(2)24-18-9-10-19(21(27)28-3)25-20(18)26/h7-10,12,23H,4-6,11,13H2,1-3H3. The molecular weight excluding hydrogens is 376 g/mol. The zero-order valence-electron chi connectivity index (χ0n) is 16.5. The lowest BCUT2D eigenvalue weighted by Gasteiger charge is -2.11. The summed E-state index contributed by atoms with van der Waals surface area (Å²) in [5.74, 6) is 0.339. The smallest absolute Gasteiger partial charge is 0.356 e. The van der Waals surface area contributed by atoms with Crippen molar-refractivity contribution in [3.63, 3.8) is 0 Å². The predicted molar refractivity (Wildman–Crippen MR) is 112 cm³/mol. The highest BCUT2D eigenvalue weighted by molar-refractivity contribution is 6.31. The Labute approximate surface area is 169 Å². The van der Waals surface area contributed by atoms with Crippen LogP contribution in [0.4, 0.5) is 5.69 Å². The molecule has 1 N–H and O–H groups in total. The topological polar surface area (TPSA) is 69.0 Å². The van der Waals surface area contributed by atoms with E-state index in [0.717, 1.165) is 35.6 Å². The van der Waals surface area contributed by atoms with Gasteiger partial charge in [0.15, 0.2) is 11.3 Å². The summed E-state index contributed by atoms with van der Waals surface area (Å²) in [6, 6.07) is 9.40. The SMILES string of the molecule is CCCCCNc1ccc(Cn2c(C)nc3ccc(C(=O)OC)nc32)c(Cl)c1. The number of ether oxygens (including phenoxy) is 1. The highest BCUT2D eigenvalue weighted by Gasteiger charge is 2.15. The second-order valence-electron chi connectivity index (χ2n) is 6.72. The van der Waals surface area contributed by atoms with Crippen LogP contribution >= 0.6 is 11.6 Å². The van der Waals surface area contributed by atoms with E-state index in [1.165, 1.54) is 20.0 Å². The van der Waals surface area contributed by atoms with Crippen molar-refractivity contribution in [2.24, 2.45) is 0 Å². The molecule has 28 heavy (non-hydrogen) atoms. The molecule has 0 radical (unpaired) electrons. The number of unbranched alkanes of at least 4 members (excludes halogenated alkanes) is 2. The average Bonchev–Trinajstić information content (AvgIpc) is 3.01. The summed E-state index contributed by atoms with van der Waals surface area (Å²) >= 11 is 6.53. The number of fused-ring (bicyclic) bond motifs is 1. The number of esters is 1. The monoisotopic (exact) mass is 400 g/mol. The Morgan fingerprint density at radius 1 is 1.21 bits per heavy atom. The number of nitrogens with zero attached hydrogens (tertiary/aromatic N) is 3. The summed E-state index contributed by atoms with van der Waals surface area (Å²) in [6.07, 6.45) is 3.56. The number of rotatable bonds is 8. The first kappa shape index (κ1) is 20.1. The lowest BCUT2D eigenvalue weighted by Crippen LogP contribution is -2.08. The van der Waals surface area contributed by atoms with Crippen molar-refractivity contribution in [1.82, 2.24) is 14.5 Å². The van der Waals surface area contributed by atoms with Crippen molar-refractivity contribution in [3.05, 3.63) is 52.4 Å². The molecule has 0 unspecified atom stereocenters. The van der Waals surface area contributed by atoms with Gasteiger partial charge in [0, 0.05) is 17.3 Å². The minimum Gasteiger partial charge on any atom is -0.464 e. The van der Waals surface area contributed by atoms with Crippen LogP contribution in [0.1, 0.15) is 48.1 Å². The van der Waals surface area contributed by atoms with Gasteiger partial charge in [-0.15, -0.1) is 0 Å². The molecule has 1 aromatic carbocycles. The Morgan fingerprint density at radius 3 is 2.75 bits per heavy atom. The van der Waals surface area contributed by atoms with Crippen molar-refractivity contribution in [3.8, 4) is 0 Å². The summed E-state index contributed by atoms with van der Waals surface area (Å²) in [4.78, 5) is 20.8. The zero-order valence-corrected chi connectivity index (χ0v) is 17.2. The van der Waals surface area contributed by atoms with Crippen molar-refractivity contribution in [1.29, 1.82) is 0 Å². The molecule has 0 saturated heterocycles. The van der Waals surface area contributed by atoms with Gasteiger partial charge in [-0.2, -0.15) is 0 Å². The summed E-state index contributed by atoms with van der Waals surface area (Å²) in [5, 5.41) is 4.09. The highest BCUT2D eigenvalue weighted by Crippen LogP contribution is 2.24. The third-order valence-corrected chi connectivity index (χ3v) is 5.02. The number of hydrogen-bond acceptors (Lipinski definition) is 5. The van der Waals surface area contributed by atoms with Crippen LogP contribution < -0.4 is 5.32 Å². The summed E-state index contributed by atoms with van der Waals surface area (Å²) in [6.45, 7) is 5.57. The fourth-order valence-electron chi connectivity index (χ4n) is 3.09. The molecule has 0 amide bonds. The third-order valence-electron chi connectivity index (χ3n) is 4.67. The van der Waals surface area contributed by atoms with Crippen LogP contribution in [-0.2, 0) is 11.3 Å². The molecule has 0 fully saturated rings. The average molecular weight is 401 g/mol.